The highest BCUT2D eigenvalue weighted by Crippen LogP contribution is 2.40. The van der Waals surface area contributed by atoms with Gasteiger partial charge in [0.15, 0.2) is 0 Å². The van der Waals surface area contributed by atoms with Gasteiger partial charge in [-0.25, -0.2) is 13.9 Å². The maximum Gasteiger partial charge on any atom is 0.328 e. The Morgan fingerprint density at radius 1 is 0.915 bits per heavy atom. The Kier molecular flexibility index (Phi) is 11.8. The van der Waals surface area contributed by atoms with Crippen LogP contribution in [-0.2, 0) is 9.59 Å². The van der Waals surface area contributed by atoms with Gasteiger partial charge in [-0.3, -0.25) is 24.6 Å². The number of aromatic nitrogens is 2. The van der Waals surface area contributed by atoms with Gasteiger partial charge in [0.2, 0.25) is 11.8 Å². The molecule has 1 atom stereocenters. The molecular weight excluding hydrogens is 754 g/mol. The highest BCUT2D eigenvalue weighted by Gasteiger charge is 2.36. The number of likely N-dealkylation sites (tertiary alicyclic amines) is 1. The van der Waals surface area contributed by atoms with Crippen LogP contribution >= 0.6 is 0 Å². The lowest BCUT2D eigenvalue weighted by molar-refractivity contribution is -0.133. The zero-order valence-corrected chi connectivity index (χ0v) is 33.4. The Balaban J connectivity index is 0.799. The van der Waals surface area contributed by atoms with Crippen LogP contribution in [0.4, 0.5) is 26.4 Å². The molecule has 4 aliphatic heterocycles. The first-order valence-corrected chi connectivity index (χ1v) is 20.7. The number of halogens is 1. The van der Waals surface area contributed by atoms with E-state index in [1.807, 2.05) is 64.2 Å². The van der Waals surface area contributed by atoms with Crippen molar-refractivity contribution >= 4 is 40.9 Å². The number of urea groups is 1. The number of carbonyl (C=O) groups is 4. The number of fused-ring (bicyclic) bond motifs is 1. The smallest absolute Gasteiger partial charge is 0.328 e. The Morgan fingerprint density at radius 3 is 2.34 bits per heavy atom. The first kappa shape index (κ1) is 39.8. The molecule has 5 heterocycles. The number of piperidine rings is 2. The summed E-state index contributed by atoms with van der Waals surface area (Å²) in [6.45, 7) is 5.30. The van der Waals surface area contributed by atoms with Gasteiger partial charge < -0.3 is 30.5 Å². The number of anilines is 3. The second-order valence-corrected chi connectivity index (χ2v) is 16.2. The molecule has 0 aliphatic carbocycles. The number of imide groups is 1. The topological polar surface area (TPSA) is 158 Å². The van der Waals surface area contributed by atoms with Crippen molar-refractivity contribution in [2.24, 2.45) is 17.6 Å². The van der Waals surface area contributed by atoms with Gasteiger partial charge >= 0.3 is 6.03 Å². The molecule has 14 nitrogen and oxygen atoms in total. The number of rotatable bonds is 12. The number of amides is 5. The molecule has 0 bridgehead atoms. The minimum absolute atomic E-state index is 0.0836. The molecule has 4 aromatic rings. The summed E-state index contributed by atoms with van der Waals surface area (Å²) in [7, 11) is 2.06. The van der Waals surface area contributed by atoms with Crippen LogP contribution in [0.2, 0.25) is 0 Å². The van der Waals surface area contributed by atoms with Crippen LogP contribution in [0.25, 0.3) is 11.3 Å². The van der Waals surface area contributed by atoms with Gasteiger partial charge in [0.25, 0.3) is 5.91 Å². The van der Waals surface area contributed by atoms with Crippen LogP contribution in [0.1, 0.15) is 61.3 Å². The molecule has 3 fully saturated rings. The molecule has 0 saturated carbocycles. The van der Waals surface area contributed by atoms with Gasteiger partial charge in [-0.15, -0.1) is 0 Å². The van der Waals surface area contributed by atoms with Gasteiger partial charge in [0, 0.05) is 76.5 Å². The molecular formula is C44H52FN9O5. The van der Waals surface area contributed by atoms with E-state index in [0.29, 0.717) is 78.6 Å². The maximum atomic E-state index is 15.2. The normalized spacial score (nSPS) is 19.0. The minimum Gasteiger partial charge on any atom is -0.457 e. The number of ether oxygens (including phenoxy) is 1. The summed E-state index contributed by atoms with van der Waals surface area (Å²) in [6.07, 6.45) is 5.04. The quantitative estimate of drug-likeness (QED) is 0.160. The van der Waals surface area contributed by atoms with Gasteiger partial charge in [-0.05, 0) is 106 Å². The number of para-hydroxylation sites is 1. The average Bonchev–Trinajstić information content (AvgIpc) is 3.64. The molecule has 0 unspecified atom stereocenters. The number of carbonyl (C=O) groups excluding carboxylic acids is 4. The largest absolute Gasteiger partial charge is 0.457 e. The number of nitrogens with zero attached hydrogens (tertiary/aromatic N) is 6. The standard InChI is InChI=1S/C44H52FN9O5/c1-50(28-29-14-22-51(23-15-29)37-12-9-32(27-35(37)45)53-26-18-38(55)48-44(53)58)21-19-39(56)52-24-16-30(17-25-52)36-13-20-47-43-40(42(46)57)41(49-54(36)43)31-7-10-34(11-8-31)59-33-5-3-2-4-6-33/h2-12,27,29-30,36,47H,13-26,28H2,1H3,(H2,46,57)(H,48,55,58)/t36-/m0/s1. The SMILES string of the molecule is CN(CCC(=O)N1CCC([C@@H]2CCNc3c(C(N)=O)c(-c4ccc(Oc5ccccc5)cc4)nn32)CC1)CC1CCN(c2ccc(N3CCC(=O)NC3=O)cc2F)CC1. The number of primary amides is 1. The van der Waals surface area contributed by atoms with E-state index in [9.17, 15) is 19.2 Å². The Bertz CT molecular complexity index is 2160. The molecule has 59 heavy (non-hydrogen) atoms. The predicted octanol–water partition coefficient (Wildman–Crippen LogP) is 5.86. The molecule has 15 heteroatoms. The average molecular weight is 806 g/mol. The predicted molar refractivity (Wildman–Crippen MR) is 223 cm³/mol. The summed E-state index contributed by atoms with van der Waals surface area (Å²) in [4.78, 5) is 57.6. The number of nitrogens with two attached hydrogens (primary N) is 1. The number of nitrogens with one attached hydrogen (secondary N) is 2. The highest BCUT2D eigenvalue weighted by atomic mass is 19.1. The third kappa shape index (κ3) is 8.89. The minimum atomic E-state index is -0.530. The van der Waals surface area contributed by atoms with Crippen molar-refractivity contribution in [2.45, 2.75) is 51.0 Å². The van der Waals surface area contributed by atoms with Crippen LogP contribution in [-0.4, -0.2) is 103 Å². The number of hydrogen-bond donors (Lipinski definition) is 3. The molecule has 0 radical (unpaired) electrons. The van der Waals surface area contributed by atoms with E-state index in [-0.39, 0.29) is 36.6 Å². The molecule has 3 saturated heterocycles. The van der Waals surface area contributed by atoms with E-state index in [4.69, 9.17) is 15.6 Å². The molecule has 4 N–H and O–H groups in total. The van der Waals surface area contributed by atoms with E-state index in [2.05, 4.69) is 27.5 Å². The summed E-state index contributed by atoms with van der Waals surface area (Å²) in [5, 5.41) is 10.7. The lowest BCUT2D eigenvalue weighted by Gasteiger charge is -2.38. The fourth-order valence-corrected chi connectivity index (χ4v) is 9.08. The zero-order chi connectivity index (χ0) is 41.0. The lowest BCUT2D eigenvalue weighted by Crippen LogP contribution is -2.49. The Labute approximate surface area is 343 Å². The summed E-state index contributed by atoms with van der Waals surface area (Å²) >= 11 is 0. The molecule has 0 spiro atoms. The van der Waals surface area contributed by atoms with Crippen LogP contribution in [0, 0.1) is 17.7 Å². The molecule has 8 rings (SSSR count). The van der Waals surface area contributed by atoms with Crippen LogP contribution in [0.15, 0.2) is 72.8 Å². The summed E-state index contributed by atoms with van der Waals surface area (Å²) in [5.41, 5.74) is 8.63. The van der Waals surface area contributed by atoms with Crippen molar-refractivity contribution in [2.75, 3.05) is 74.5 Å². The fraction of sp³-hybridized carbons (Fsp3) is 0.432. The number of benzene rings is 3. The molecule has 4 aliphatic rings. The highest BCUT2D eigenvalue weighted by molar-refractivity contribution is 6.06. The van der Waals surface area contributed by atoms with Gasteiger partial charge in [-0.1, -0.05) is 18.2 Å². The maximum absolute atomic E-state index is 15.2. The van der Waals surface area contributed by atoms with Crippen LogP contribution in [0.3, 0.4) is 0 Å². The Morgan fingerprint density at radius 2 is 1.64 bits per heavy atom. The van der Waals surface area contributed by atoms with E-state index in [0.717, 1.165) is 63.1 Å². The van der Waals surface area contributed by atoms with E-state index >= 15 is 4.39 Å². The van der Waals surface area contributed by atoms with Crippen molar-refractivity contribution in [1.82, 2.24) is 24.9 Å². The number of hydrogen-bond acceptors (Lipinski definition) is 9. The van der Waals surface area contributed by atoms with Crippen molar-refractivity contribution in [3.05, 3.63) is 84.2 Å². The van der Waals surface area contributed by atoms with Crippen LogP contribution in [0.5, 0.6) is 11.5 Å². The first-order valence-electron chi connectivity index (χ1n) is 20.7. The van der Waals surface area contributed by atoms with Gasteiger partial charge in [0.1, 0.15) is 34.4 Å². The van der Waals surface area contributed by atoms with E-state index in [1.165, 1.54) is 11.0 Å². The first-order chi connectivity index (χ1) is 28.6. The van der Waals surface area contributed by atoms with E-state index < -0.39 is 11.9 Å². The van der Waals surface area contributed by atoms with Gasteiger partial charge in [-0.2, -0.15) is 5.10 Å². The monoisotopic (exact) mass is 805 g/mol. The summed E-state index contributed by atoms with van der Waals surface area (Å²) < 4.78 is 23.2. The zero-order valence-electron chi connectivity index (χ0n) is 33.4. The van der Waals surface area contributed by atoms with Crippen molar-refractivity contribution in [3.63, 3.8) is 0 Å². The molecule has 3 aromatic carbocycles. The van der Waals surface area contributed by atoms with Crippen molar-refractivity contribution in [1.29, 1.82) is 0 Å². The molecule has 5 amide bonds. The lowest BCUT2D eigenvalue weighted by atomic mass is 9.86. The Hall–Kier alpha value is -5.96. The summed E-state index contributed by atoms with van der Waals surface area (Å²) in [5.74, 6) is 1.76. The molecule has 1 aromatic heterocycles. The second kappa shape index (κ2) is 17.5. The van der Waals surface area contributed by atoms with Crippen LogP contribution < -0.4 is 30.9 Å². The third-order valence-electron chi connectivity index (χ3n) is 12.3. The third-order valence-corrected chi connectivity index (χ3v) is 12.3. The van der Waals surface area contributed by atoms with Gasteiger partial charge in [0.05, 0.1) is 11.7 Å². The molecule has 310 valence electrons. The second-order valence-electron chi connectivity index (χ2n) is 16.2. The van der Waals surface area contributed by atoms with E-state index in [1.54, 1.807) is 12.1 Å². The van der Waals surface area contributed by atoms with Crippen molar-refractivity contribution < 1.29 is 28.3 Å². The summed E-state index contributed by atoms with van der Waals surface area (Å²) in [6, 6.07) is 21.5. The fourth-order valence-electron chi connectivity index (χ4n) is 9.08. The van der Waals surface area contributed by atoms with Crippen molar-refractivity contribution in [3.8, 4) is 22.8 Å².